The molecule has 0 aliphatic heterocycles. The number of benzene rings is 1. The molecule has 4 nitrogen and oxygen atoms in total. The predicted octanol–water partition coefficient (Wildman–Crippen LogP) is 1.58. The zero-order chi connectivity index (χ0) is 13.5. The minimum Gasteiger partial charge on any atom is -0.392 e. The van der Waals surface area contributed by atoms with Crippen LogP contribution >= 0.6 is 0 Å². The molecule has 1 aliphatic carbocycles. The van der Waals surface area contributed by atoms with E-state index in [9.17, 15) is 13.5 Å². The van der Waals surface area contributed by atoms with Gasteiger partial charge in [0.15, 0.2) is 0 Å². The van der Waals surface area contributed by atoms with Crippen LogP contribution in [0.25, 0.3) is 0 Å². The summed E-state index contributed by atoms with van der Waals surface area (Å²) in [5.41, 5.74) is 2.30. The third kappa shape index (κ3) is 2.30. The van der Waals surface area contributed by atoms with Gasteiger partial charge < -0.3 is 5.11 Å². The summed E-state index contributed by atoms with van der Waals surface area (Å²) in [5, 5.41) is 9.19. The Hall–Kier alpha value is -0.910. The molecule has 18 heavy (non-hydrogen) atoms. The van der Waals surface area contributed by atoms with E-state index in [-0.39, 0.29) is 12.6 Å². The summed E-state index contributed by atoms with van der Waals surface area (Å²) in [6.07, 6.45) is 1.88. The lowest BCUT2D eigenvalue weighted by Crippen LogP contribution is -2.29. The average Bonchev–Trinajstić information content (AvgIpc) is 3.15. The first-order valence-corrected chi connectivity index (χ1v) is 7.51. The molecular formula is C13H19NO3S. The molecule has 0 saturated heterocycles. The maximum absolute atomic E-state index is 12.5. The third-order valence-electron chi connectivity index (χ3n) is 3.58. The second-order valence-corrected chi connectivity index (χ2v) is 6.91. The van der Waals surface area contributed by atoms with Crippen LogP contribution in [0.1, 0.15) is 29.5 Å². The summed E-state index contributed by atoms with van der Waals surface area (Å²) in [5.74, 6) is 0. The molecule has 1 aromatic rings. The summed E-state index contributed by atoms with van der Waals surface area (Å²) < 4.78 is 26.5. The van der Waals surface area contributed by atoms with Gasteiger partial charge >= 0.3 is 0 Å². The first kappa shape index (κ1) is 13.5. The first-order chi connectivity index (χ1) is 8.37. The number of aliphatic hydroxyl groups excluding tert-OH is 1. The smallest absolute Gasteiger partial charge is 0.243 e. The lowest BCUT2D eigenvalue weighted by molar-refractivity contribution is 0.281. The van der Waals surface area contributed by atoms with E-state index in [4.69, 9.17) is 0 Å². The van der Waals surface area contributed by atoms with Crippen molar-refractivity contribution in [1.29, 1.82) is 0 Å². The fraction of sp³-hybridized carbons (Fsp3) is 0.538. The lowest BCUT2D eigenvalue weighted by atomic mass is 10.1. The molecule has 0 radical (unpaired) electrons. The Bertz CT molecular complexity index is 562. The Labute approximate surface area is 108 Å². The molecule has 100 valence electrons. The summed E-state index contributed by atoms with van der Waals surface area (Å²) in [6.45, 7) is 3.53. The molecule has 1 aromatic carbocycles. The van der Waals surface area contributed by atoms with E-state index in [1.807, 2.05) is 19.9 Å². The minimum absolute atomic E-state index is 0.142. The highest BCUT2D eigenvalue weighted by Crippen LogP contribution is 2.32. The quantitative estimate of drug-likeness (QED) is 0.903. The fourth-order valence-corrected chi connectivity index (χ4v) is 3.81. The maximum atomic E-state index is 12.5. The van der Waals surface area contributed by atoms with Crippen molar-refractivity contribution in [3.05, 3.63) is 28.8 Å². The average molecular weight is 269 g/mol. The van der Waals surface area contributed by atoms with Gasteiger partial charge in [0.25, 0.3) is 0 Å². The van der Waals surface area contributed by atoms with E-state index in [2.05, 4.69) is 0 Å². The topological polar surface area (TPSA) is 57.6 Å². The van der Waals surface area contributed by atoms with E-state index < -0.39 is 10.0 Å². The number of rotatable bonds is 4. The number of nitrogens with zero attached hydrogens (tertiary/aromatic N) is 1. The molecule has 0 amide bonds. The second kappa shape index (κ2) is 4.64. The van der Waals surface area contributed by atoms with E-state index in [0.29, 0.717) is 10.5 Å². The van der Waals surface area contributed by atoms with Gasteiger partial charge in [0.05, 0.1) is 11.5 Å². The molecule has 0 unspecified atom stereocenters. The monoisotopic (exact) mass is 269 g/mol. The highest BCUT2D eigenvalue weighted by molar-refractivity contribution is 7.89. The molecule has 1 fully saturated rings. The molecule has 0 heterocycles. The predicted molar refractivity (Wildman–Crippen MR) is 69.8 cm³/mol. The Morgan fingerprint density at radius 3 is 2.44 bits per heavy atom. The number of aliphatic hydroxyl groups is 1. The van der Waals surface area contributed by atoms with Crippen LogP contribution in [0.15, 0.2) is 17.0 Å². The van der Waals surface area contributed by atoms with E-state index >= 15 is 0 Å². The number of hydrogen-bond donors (Lipinski definition) is 1. The lowest BCUT2D eigenvalue weighted by Gasteiger charge is -2.19. The number of aryl methyl sites for hydroxylation is 1. The molecule has 1 saturated carbocycles. The Morgan fingerprint density at radius 2 is 1.94 bits per heavy atom. The fourth-order valence-electron chi connectivity index (χ4n) is 2.05. The van der Waals surface area contributed by atoms with Crippen LogP contribution in [0.4, 0.5) is 0 Å². The van der Waals surface area contributed by atoms with Crippen LogP contribution in [-0.2, 0) is 16.6 Å². The van der Waals surface area contributed by atoms with Crippen molar-refractivity contribution in [3.63, 3.8) is 0 Å². The maximum Gasteiger partial charge on any atom is 0.243 e. The van der Waals surface area contributed by atoms with Gasteiger partial charge in [-0.3, -0.25) is 0 Å². The zero-order valence-corrected chi connectivity index (χ0v) is 11.8. The SMILES string of the molecule is Cc1cc(CO)cc(S(=O)(=O)N(C)C2CC2)c1C. The van der Waals surface area contributed by atoms with Gasteiger partial charge in [-0.1, -0.05) is 6.07 Å². The van der Waals surface area contributed by atoms with E-state index in [0.717, 1.165) is 24.0 Å². The van der Waals surface area contributed by atoms with E-state index in [1.165, 1.54) is 4.31 Å². The molecule has 0 spiro atoms. The number of hydrogen-bond acceptors (Lipinski definition) is 3. The molecule has 0 atom stereocenters. The van der Waals surface area contributed by atoms with E-state index in [1.54, 1.807) is 13.1 Å². The Balaban J connectivity index is 2.52. The highest BCUT2D eigenvalue weighted by Gasteiger charge is 2.35. The normalized spacial score (nSPS) is 16.3. The van der Waals surface area contributed by atoms with Gasteiger partial charge in [0.1, 0.15) is 0 Å². The van der Waals surface area contributed by atoms with Gasteiger partial charge in [-0.2, -0.15) is 4.31 Å². The molecule has 0 bridgehead atoms. The molecule has 5 heteroatoms. The third-order valence-corrected chi connectivity index (χ3v) is 5.62. The first-order valence-electron chi connectivity index (χ1n) is 6.07. The largest absolute Gasteiger partial charge is 0.392 e. The summed E-state index contributed by atoms with van der Waals surface area (Å²) in [6, 6.07) is 3.55. The van der Waals surface area contributed by atoms with Crippen LogP contribution in [0.2, 0.25) is 0 Å². The molecule has 1 aliphatic rings. The Kier molecular flexibility index (Phi) is 3.49. The number of sulfonamides is 1. The van der Waals surface area contributed by atoms with Gasteiger partial charge in [-0.25, -0.2) is 8.42 Å². The summed E-state index contributed by atoms with van der Waals surface area (Å²) in [4.78, 5) is 0.320. The van der Waals surface area contributed by atoms with Crippen LogP contribution in [0.5, 0.6) is 0 Å². The van der Waals surface area contributed by atoms with Gasteiger partial charge in [-0.05, 0) is 49.4 Å². The minimum atomic E-state index is -3.44. The summed E-state index contributed by atoms with van der Waals surface area (Å²) in [7, 11) is -1.81. The summed E-state index contributed by atoms with van der Waals surface area (Å²) >= 11 is 0. The molecular weight excluding hydrogens is 250 g/mol. The standard InChI is InChI=1S/C13H19NO3S/c1-9-6-11(8-15)7-13(10(9)2)18(16,17)14(3)12-4-5-12/h6-7,12,15H,4-5,8H2,1-3H3. The Morgan fingerprint density at radius 1 is 1.33 bits per heavy atom. The van der Waals surface area contributed by atoms with Crippen molar-refractivity contribution in [2.24, 2.45) is 0 Å². The van der Waals surface area contributed by atoms with Crippen LogP contribution in [0, 0.1) is 13.8 Å². The van der Waals surface area contributed by atoms with Crippen LogP contribution < -0.4 is 0 Å². The van der Waals surface area contributed by atoms with Crippen LogP contribution in [0.3, 0.4) is 0 Å². The van der Waals surface area contributed by atoms with Crippen molar-refractivity contribution in [3.8, 4) is 0 Å². The molecule has 0 aromatic heterocycles. The van der Waals surface area contributed by atoms with Crippen molar-refractivity contribution in [2.45, 2.75) is 44.2 Å². The second-order valence-electron chi connectivity index (χ2n) is 4.95. The highest BCUT2D eigenvalue weighted by atomic mass is 32.2. The van der Waals surface area contributed by atoms with Crippen molar-refractivity contribution < 1.29 is 13.5 Å². The van der Waals surface area contributed by atoms with Gasteiger partial charge in [-0.15, -0.1) is 0 Å². The van der Waals surface area contributed by atoms with Crippen molar-refractivity contribution in [2.75, 3.05) is 7.05 Å². The van der Waals surface area contributed by atoms with Crippen LogP contribution in [-0.4, -0.2) is 30.9 Å². The van der Waals surface area contributed by atoms with Gasteiger partial charge in [0.2, 0.25) is 10.0 Å². The molecule has 1 N–H and O–H groups in total. The zero-order valence-electron chi connectivity index (χ0n) is 11.0. The molecule has 2 rings (SSSR count). The van der Waals surface area contributed by atoms with Crippen molar-refractivity contribution in [1.82, 2.24) is 4.31 Å². The van der Waals surface area contributed by atoms with Crippen molar-refractivity contribution >= 4 is 10.0 Å². The van der Waals surface area contributed by atoms with Gasteiger partial charge in [0, 0.05) is 13.1 Å².